The highest BCUT2D eigenvalue weighted by molar-refractivity contribution is 5.83. The van der Waals surface area contributed by atoms with Crippen molar-refractivity contribution >= 4 is 5.97 Å². The molecule has 3 atom stereocenters. The van der Waals surface area contributed by atoms with Crippen molar-refractivity contribution in [3.63, 3.8) is 0 Å². The second kappa shape index (κ2) is 7.36. The second-order valence-corrected chi connectivity index (χ2v) is 4.77. The number of methoxy groups -OCH3 is 1. The summed E-state index contributed by atoms with van der Waals surface area (Å²) in [5, 5.41) is 9.45. The van der Waals surface area contributed by atoms with Gasteiger partial charge in [0.2, 0.25) is 0 Å². The van der Waals surface area contributed by atoms with Crippen LogP contribution in [0.15, 0.2) is 33.5 Å². The van der Waals surface area contributed by atoms with E-state index in [0.29, 0.717) is 5.57 Å². The predicted molar refractivity (Wildman–Crippen MR) is 77.8 cm³/mol. The Hall–Kier alpha value is -2.23. The molecule has 0 amide bonds. The summed E-state index contributed by atoms with van der Waals surface area (Å²) in [6.07, 6.45) is -0.0926. The lowest BCUT2D eigenvalue weighted by atomic mass is 10.1. The summed E-state index contributed by atoms with van der Waals surface area (Å²) < 4.78 is 16.9. The fourth-order valence-electron chi connectivity index (χ4n) is 2.40. The quantitative estimate of drug-likeness (QED) is 0.522. The van der Waals surface area contributed by atoms with Crippen LogP contribution >= 0.6 is 0 Å². The Kier molecular flexibility index (Phi) is 5.48. The minimum atomic E-state index is -0.929. The van der Waals surface area contributed by atoms with Crippen LogP contribution in [0.4, 0.5) is 0 Å². The van der Waals surface area contributed by atoms with Gasteiger partial charge in [0.15, 0.2) is 6.23 Å². The lowest BCUT2D eigenvalue weighted by Gasteiger charge is -2.19. The van der Waals surface area contributed by atoms with E-state index in [2.05, 4.69) is 4.98 Å². The van der Waals surface area contributed by atoms with Crippen LogP contribution < -0.4 is 11.2 Å². The number of nitrogens with one attached hydrogen (secondary N) is 1. The highest BCUT2D eigenvalue weighted by Gasteiger charge is 2.42. The molecule has 0 aromatic carbocycles. The number of aliphatic hydroxyl groups is 1. The number of esters is 1. The Morgan fingerprint density at radius 2 is 2.26 bits per heavy atom. The van der Waals surface area contributed by atoms with E-state index in [9.17, 15) is 19.5 Å². The maximum atomic E-state index is 11.9. The van der Waals surface area contributed by atoms with Gasteiger partial charge in [-0.25, -0.2) is 9.59 Å². The van der Waals surface area contributed by atoms with E-state index < -0.39 is 42.3 Å². The summed E-state index contributed by atoms with van der Waals surface area (Å²) in [5.41, 5.74) is -0.866. The van der Waals surface area contributed by atoms with Crippen molar-refractivity contribution in [1.82, 2.24) is 9.55 Å². The first-order chi connectivity index (χ1) is 11.0. The van der Waals surface area contributed by atoms with E-state index in [0.717, 1.165) is 4.57 Å². The molecule has 0 aliphatic carbocycles. The number of H-pyrrole nitrogens is 1. The Bertz CT molecular complexity index is 706. The highest BCUT2D eigenvalue weighted by Crippen LogP contribution is 2.34. The van der Waals surface area contributed by atoms with E-state index in [-0.39, 0.29) is 6.61 Å². The molecule has 1 aromatic rings. The molecule has 23 heavy (non-hydrogen) atoms. The summed E-state index contributed by atoms with van der Waals surface area (Å²) in [5.74, 6) is -0.596. The fourth-order valence-corrected chi connectivity index (χ4v) is 2.40. The molecule has 9 nitrogen and oxygen atoms in total. The van der Waals surface area contributed by atoms with Crippen LogP contribution in [-0.2, 0) is 19.0 Å². The monoisotopic (exact) mass is 326 g/mol. The smallest absolute Gasteiger partial charge is 0.330 e. The van der Waals surface area contributed by atoms with Gasteiger partial charge >= 0.3 is 11.7 Å². The van der Waals surface area contributed by atoms with Crippen molar-refractivity contribution in [2.24, 2.45) is 0 Å². The Morgan fingerprint density at radius 3 is 2.83 bits per heavy atom. The van der Waals surface area contributed by atoms with E-state index in [4.69, 9.17) is 14.2 Å². The minimum absolute atomic E-state index is 0.202. The van der Waals surface area contributed by atoms with Gasteiger partial charge in [-0.1, -0.05) is 0 Å². The maximum absolute atomic E-state index is 11.9. The van der Waals surface area contributed by atoms with Crippen molar-refractivity contribution in [2.75, 3.05) is 20.3 Å². The molecule has 1 fully saturated rings. The number of carbonyl (C=O) groups is 1. The first-order valence-electron chi connectivity index (χ1n) is 7.00. The van der Waals surface area contributed by atoms with Gasteiger partial charge in [0.05, 0.1) is 13.2 Å². The van der Waals surface area contributed by atoms with Crippen molar-refractivity contribution in [2.45, 2.75) is 25.4 Å². The van der Waals surface area contributed by atoms with Crippen molar-refractivity contribution < 1.29 is 24.1 Å². The number of aliphatic hydroxyl groups excluding tert-OH is 1. The zero-order valence-corrected chi connectivity index (χ0v) is 12.7. The van der Waals surface area contributed by atoms with Gasteiger partial charge in [-0.15, -0.1) is 0 Å². The number of carbonyl (C=O) groups excluding carboxylic acids is 1. The molecule has 1 unspecified atom stereocenters. The Morgan fingerprint density at radius 1 is 1.52 bits per heavy atom. The first kappa shape index (κ1) is 17.1. The van der Waals surface area contributed by atoms with Crippen molar-refractivity contribution in [3.8, 4) is 0 Å². The highest BCUT2D eigenvalue weighted by atomic mass is 16.6. The molecule has 2 N–H and O–H groups in total. The molecule has 0 spiro atoms. The number of rotatable bonds is 5. The first-order valence-corrected chi connectivity index (χ1v) is 7.00. The zero-order valence-electron chi connectivity index (χ0n) is 12.7. The molecule has 0 bridgehead atoms. The molecule has 1 aliphatic heterocycles. The van der Waals surface area contributed by atoms with Gasteiger partial charge < -0.3 is 19.3 Å². The second-order valence-electron chi connectivity index (χ2n) is 4.77. The normalized spacial score (nSPS) is 25.7. The number of nitrogens with zero attached hydrogens (tertiary/aromatic N) is 1. The molecule has 2 rings (SSSR count). The summed E-state index contributed by atoms with van der Waals surface area (Å²) in [6.45, 7) is 1.47. The molecular weight excluding hydrogens is 308 g/mol. The topological polar surface area (TPSA) is 120 Å². The van der Waals surface area contributed by atoms with E-state index >= 15 is 0 Å². The lowest BCUT2D eigenvalue weighted by molar-refractivity contribution is -0.137. The summed E-state index contributed by atoms with van der Waals surface area (Å²) in [7, 11) is 1.39. The van der Waals surface area contributed by atoms with Crippen LogP contribution in [0.25, 0.3) is 0 Å². The molecule has 1 aromatic heterocycles. The van der Waals surface area contributed by atoms with E-state index in [1.54, 1.807) is 6.92 Å². The molecule has 1 saturated heterocycles. The zero-order chi connectivity index (χ0) is 17.0. The number of ether oxygens (including phenoxy) is 3. The van der Waals surface area contributed by atoms with E-state index in [1.807, 2.05) is 0 Å². The van der Waals surface area contributed by atoms with Gasteiger partial charge in [0.1, 0.15) is 12.2 Å². The summed E-state index contributed by atoms with van der Waals surface area (Å²) in [4.78, 5) is 36.9. The average molecular weight is 326 g/mol. The van der Waals surface area contributed by atoms with Gasteiger partial charge in [-0.05, 0) is 6.92 Å². The van der Waals surface area contributed by atoms with Crippen molar-refractivity contribution in [3.05, 3.63) is 44.8 Å². The van der Waals surface area contributed by atoms with Crippen LogP contribution in [0, 0.1) is 0 Å². The van der Waals surface area contributed by atoms with Gasteiger partial charge in [-0.2, -0.15) is 0 Å². The molecule has 2 heterocycles. The van der Waals surface area contributed by atoms with Crippen LogP contribution in [0.2, 0.25) is 0 Å². The largest absolute Gasteiger partial charge is 0.463 e. The molecule has 0 saturated carbocycles. The minimum Gasteiger partial charge on any atom is -0.463 e. The molecule has 9 heteroatoms. The van der Waals surface area contributed by atoms with E-state index in [1.165, 1.54) is 25.4 Å². The SMILES string of the molecule is CCOC(=O)/C=C1/C(OC)[C@H](n2ccc(=O)[nH]c2=O)O[C@@H]1CO. The van der Waals surface area contributed by atoms with Crippen LogP contribution in [0.1, 0.15) is 13.2 Å². The molecule has 0 radical (unpaired) electrons. The Labute approximate surface area is 131 Å². The number of hydrogen-bond donors (Lipinski definition) is 2. The lowest BCUT2D eigenvalue weighted by Crippen LogP contribution is -2.35. The van der Waals surface area contributed by atoms with Crippen LogP contribution in [0.5, 0.6) is 0 Å². The molecular formula is C14H18N2O7. The fraction of sp³-hybridized carbons (Fsp3) is 0.500. The molecule has 126 valence electrons. The maximum Gasteiger partial charge on any atom is 0.330 e. The average Bonchev–Trinajstić information content (AvgIpc) is 2.84. The third-order valence-corrected chi connectivity index (χ3v) is 3.38. The number of aromatic nitrogens is 2. The third-order valence-electron chi connectivity index (χ3n) is 3.38. The number of hydrogen-bond acceptors (Lipinski definition) is 7. The number of aromatic amines is 1. The summed E-state index contributed by atoms with van der Waals surface area (Å²) >= 11 is 0. The van der Waals surface area contributed by atoms with Crippen LogP contribution in [-0.4, -0.2) is 53.2 Å². The van der Waals surface area contributed by atoms with Gasteiger partial charge in [0, 0.05) is 31.0 Å². The summed E-state index contributed by atoms with van der Waals surface area (Å²) in [6, 6.07) is 1.17. The predicted octanol–water partition coefficient (Wildman–Crippen LogP) is -1.07. The van der Waals surface area contributed by atoms with Gasteiger partial charge in [0.25, 0.3) is 5.56 Å². The van der Waals surface area contributed by atoms with Crippen LogP contribution in [0.3, 0.4) is 0 Å². The standard InChI is InChI=1S/C14H18N2O7/c1-3-22-11(19)6-8-9(7-17)23-13(12(8)21-2)16-5-4-10(18)15-14(16)20/h4-6,9,12-13,17H,3,7H2,1-2H3,(H,15,18,20)/b8-6+/t9-,12?,13-/m1/s1. The third kappa shape index (κ3) is 3.58. The van der Waals surface area contributed by atoms with Gasteiger partial charge in [-0.3, -0.25) is 14.3 Å². The molecule has 1 aliphatic rings. The Balaban J connectivity index is 2.41. The van der Waals surface area contributed by atoms with Crippen molar-refractivity contribution in [1.29, 1.82) is 0 Å².